The summed E-state index contributed by atoms with van der Waals surface area (Å²) in [5, 5.41) is 0.358. The topological polar surface area (TPSA) is 0 Å². The third-order valence-corrected chi connectivity index (χ3v) is 9.11. The van der Waals surface area contributed by atoms with E-state index in [0.717, 1.165) is 0 Å². The molecule has 0 amide bonds. The number of hydrogen-bond acceptors (Lipinski definition) is 1. The molecule has 0 saturated carbocycles. The summed E-state index contributed by atoms with van der Waals surface area (Å²) in [6, 6.07) is 46.5. The van der Waals surface area contributed by atoms with E-state index in [1.54, 1.807) is 0 Å². The molecule has 1 heterocycles. The maximum absolute atomic E-state index is 2.50. The van der Waals surface area contributed by atoms with E-state index in [4.69, 9.17) is 0 Å². The van der Waals surface area contributed by atoms with E-state index < -0.39 is 0 Å². The minimum Gasteiger partial charge on any atom is -0.117 e. The Morgan fingerprint density at radius 1 is 0.526 bits per heavy atom. The van der Waals surface area contributed by atoms with E-state index in [9.17, 15) is 0 Å². The molecule has 0 fully saturated rings. The molecule has 0 nitrogen and oxygen atoms in total. The molecule has 1 aliphatic carbocycles. The van der Waals surface area contributed by atoms with Gasteiger partial charge >= 0.3 is 0 Å². The van der Waals surface area contributed by atoms with E-state index >= 15 is 0 Å². The molecule has 2 unspecified atom stereocenters. The van der Waals surface area contributed by atoms with Crippen LogP contribution in [0.15, 0.2) is 144 Å². The monoisotopic (exact) mass is 504 g/mol. The van der Waals surface area contributed by atoms with Crippen LogP contribution in [0.5, 0.6) is 0 Å². The molecule has 2 aliphatic rings. The van der Waals surface area contributed by atoms with Gasteiger partial charge in [0.15, 0.2) is 0 Å². The first kappa shape index (κ1) is 23.1. The van der Waals surface area contributed by atoms with Crippen molar-refractivity contribution in [1.29, 1.82) is 0 Å². The second kappa shape index (κ2) is 9.67. The van der Waals surface area contributed by atoms with Crippen molar-refractivity contribution >= 4 is 22.9 Å². The Kier molecular flexibility index (Phi) is 5.87. The van der Waals surface area contributed by atoms with Crippen molar-refractivity contribution < 1.29 is 0 Å². The van der Waals surface area contributed by atoms with Crippen molar-refractivity contribution in [2.45, 2.75) is 23.0 Å². The molecule has 1 heteroatoms. The summed E-state index contributed by atoms with van der Waals surface area (Å²) in [4.78, 5) is 1.39. The van der Waals surface area contributed by atoms with Gasteiger partial charge in [-0.15, -0.1) is 11.8 Å². The van der Waals surface area contributed by atoms with Crippen LogP contribution in [0.1, 0.15) is 28.2 Å². The molecular weight excluding hydrogens is 476 g/mol. The van der Waals surface area contributed by atoms with Crippen molar-refractivity contribution in [3.05, 3.63) is 162 Å². The van der Waals surface area contributed by atoms with Gasteiger partial charge in [0, 0.05) is 16.1 Å². The van der Waals surface area contributed by atoms with Crippen molar-refractivity contribution in [3.63, 3.8) is 0 Å². The van der Waals surface area contributed by atoms with Gasteiger partial charge in [0.2, 0.25) is 0 Å². The normalized spacial score (nSPS) is 17.8. The lowest BCUT2D eigenvalue weighted by atomic mass is 9.80. The highest BCUT2D eigenvalue weighted by Crippen LogP contribution is 2.55. The van der Waals surface area contributed by atoms with Crippen molar-refractivity contribution in [2.75, 3.05) is 0 Å². The predicted molar refractivity (Wildman–Crippen MR) is 163 cm³/mol. The summed E-state index contributed by atoms with van der Waals surface area (Å²) in [6.45, 7) is 2.16. The van der Waals surface area contributed by atoms with Crippen molar-refractivity contribution in [2.24, 2.45) is 0 Å². The van der Waals surface area contributed by atoms with E-state index in [1.165, 1.54) is 60.5 Å². The van der Waals surface area contributed by atoms with Crippen LogP contribution in [-0.2, 0) is 0 Å². The highest BCUT2D eigenvalue weighted by molar-refractivity contribution is 8.00. The maximum atomic E-state index is 2.50. The lowest BCUT2D eigenvalue weighted by Crippen LogP contribution is -2.15. The van der Waals surface area contributed by atoms with Crippen LogP contribution in [0.2, 0.25) is 0 Å². The first-order chi connectivity index (χ1) is 18.7. The van der Waals surface area contributed by atoms with Crippen molar-refractivity contribution in [3.8, 4) is 22.3 Å². The van der Waals surface area contributed by atoms with Crippen LogP contribution in [0.4, 0.5) is 0 Å². The number of allylic oxidation sites excluding steroid dienone is 3. The average molecular weight is 505 g/mol. The van der Waals surface area contributed by atoms with Crippen LogP contribution >= 0.6 is 11.8 Å². The number of fused-ring (bicyclic) bond motifs is 3. The summed E-state index contributed by atoms with van der Waals surface area (Å²) in [6.07, 6.45) is 4.93. The molecule has 38 heavy (non-hydrogen) atoms. The fraction of sp³-hybridized carbons (Fsp3) is 0.0811. The van der Waals surface area contributed by atoms with E-state index in [-0.39, 0.29) is 0 Å². The van der Waals surface area contributed by atoms with Gasteiger partial charge in [-0.05, 0) is 81.3 Å². The molecule has 0 aromatic heterocycles. The lowest BCUT2D eigenvalue weighted by Gasteiger charge is -2.27. The summed E-state index contributed by atoms with van der Waals surface area (Å²) in [5.74, 6) is 0.330. The van der Waals surface area contributed by atoms with Crippen molar-refractivity contribution in [1.82, 2.24) is 0 Å². The highest BCUT2D eigenvalue weighted by Gasteiger charge is 2.37. The molecule has 0 radical (unpaired) electrons. The Balaban J connectivity index is 1.35. The lowest BCUT2D eigenvalue weighted by molar-refractivity contribution is 0.897. The third kappa shape index (κ3) is 4.23. The van der Waals surface area contributed by atoms with Gasteiger partial charge in [-0.2, -0.15) is 0 Å². The van der Waals surface area contributed by atoms with E-state index in [0.29, 0.717) is 11.2 Å². The van der Waals surface area contributed by atoms with Crippen LogP contribution in [0.3, 0.4) is 0 Å². The summed E-state index contributed by atoms with van der Waals surface area (Å²) in [7, 11) is 0. The highest BCUT2D eigenvalue weighted by atomic mass is 32.2. The largest absolute Gasteiger partial charge is 0.117 e. The fourth-order valence-electron chi connectivity index (χ4n) is 5.79. The molecule has 0 spiro atoms. The summed E-state index contributed by atoms with van der Waals surface area (Å²) in [5.41, 5.74) is 13.1. The van der Waals surface area contributed by atoms with Gasteiger partial charge in [0.25, 0.3) is 0 Å². The minimum absolute atomic E-state index is 0.330. The quantitative estimate of drug-likeness (QED) is 0.235. The smallest absolute Gasteiger partial charge is 0.0454 e. The van der Waals surface area contributed by atoms with Crippen LogP contribution in [0, 0.1) is 6.92 Å². The van der Waals surface area contributed by atoms with Gasteiger partial charge < -0.3 is 0 Å². The molecule has 5 aromatic carbocycles. The Morgan fingerprint density at radius 2 is 1.16 bits per heavy atom. The SMILES string of the molecule is Cc1cccc(-c2cccc(C3=CC(c4ccccc4)=CC4c5cc(-c6ccccc6)ccc5SC34)c2)c1. The molecule has 0 N–H and O–H groups in total. The number of hydrogen-bond donors (Lipinski definition) is 0. The zero-order valence-electron chi connectivity index (χ0n) is 21.3. The van der Waals surface area contributed by atoms with Crippen LogP contribution in [-0.4, -0.2) is 5.25 Å². The van der Waals surface area contributed by atoms with E-state index in [2.05, 4.69) is 146 Å². The number of thioether (sulfide) groups is 1. The molecule has 1 aliphatic heterocycles. The number of aryl methyl sites for hydroxylation is 1. The zero-order valence-corrected chi connectivity index (χ0v) is 22.2. The molecule has 7 rings (SSSR count). The van der Waals surface area contributed by atoms with Crippen LogP contribution in [0.25, 0.3) is 33.4 Å². The third-order valence-electron chi connectivity index (χ3n) is 7.69. The molecule has 182 valence electrons. The second-order valence-corrected chi connectivity index (χ2v) is 11.4. The molecule has 5 aromatic rings. The van der Waals surface area contributed by atoms with Gasteiger partial charge in [-0.3, -0.25) is 0 Å². The maximum Gasteiger partial charge on any atom is 0.0454 e. The Morgan fingerprint density at radius 3 is 1.92 bits per heavy atom. The van der Waals surface area contributed by atoms with Gasteiger partial charge in [0.05, 0.1) is 0 Å². The molecular formula is C37H28S. The summed E-state index contributed by atoms with van der Waals surface area (Å²) >= 11 is 2.02. The Labute approximate surface area is 229 Å². The standard InChI is InChI=1S/C37H28S/c1-25-10-8-15-28(20-25)29-16-9-17-31(21-29)33-23-32(27-13-6-3-7-14-27)24-35-34-22-30(26-11-4-2-5-12-26)18-19-36(34)38-37(33)35/h2-24,35,37H,1H3. The minimum atomic E-state index is 0.330. The first-order valence-electron chi connectivity index (χ1n) is 13.3. The summed E-state index contributed by atoms with van der Waals surface area (Å²) < 4.78 is 0. The Bertz CT molecular complexity index is 1690. The predicted octanol–water partition coefficient (Wildman–Crippen LogP) is 10.1. The van der Waals surface area contributed by atoms with Crippen LogP contribution < -0.4 is 0 Å². The van der Waals surface area contributed by atoms with E-state index in [1.807, 2.05) is 11.8 Å². The average Bonchev–Trinajstić information content (AvgIpc) is 3.35. The number of rotatable bonds is 4. The Hall–Kier alpha value is -4.07. The van der Waals surface area contributed by atoms with Gasteiger partial charge in [-0.25, -0.2) is 0 Å². The fourth-order valence-corrected chi connectivity index (χ4v) is 7.24. The second-order valence-electron chi connectivity index (χ2n) is 10.2. The molecule has 0 saturated heterocycles. The molecule has 2 atom stereocenters. The van der Waals surface area contributed by atoms with Gasteiger partial charge in [0.1, 0.15) is 0 Å². The first-order valence-corrected chi connectivity index (χ1v) is 14.1. The van der Waals surface area contributed by atoms with Gasteiger partial charge in [-0.1, -0.05) is 121 Å². The zero-order chi connectivity index (χ0) is 25.5. The molecule has 0 bridgehead atoms. The number of benzene rings is 5.